The van der Waals surface area contributed by atoms with E-state index in [1.54, 1.807) is 6.20 Å². The second-order valence-electron chi connectivity index (χ2n) is 4.73. The molecule has 2 N–H and O–H groups in total. The number of hydrogen-bond donors (Lipinski definition) is 1. The van der Waals surface area contributed by atoms with E-state index in [1.165, 1.54) is 12.0 Å². The zero-order valence-electron chi connectivity index (χ0n) is 10.6. The summed E-state index contributed by atoms with van der Waals surface area (Å²) < 4.78 is 0. The summed E-state index contributed by atoms with van der Waals surface area (Å²) >= 11 is 0. The number of nitrogens with zero attached hydrogens (tertiary/aromatic N) is 2. The first-order chi connectivity index (χ1) is 7.63. The first kappa shape index (κ1) is 13.1. The zero-order valence-corrected chi connectivity index (χ0v) is 10.6. The van der Waals surface area contributed by atoms with E-state index < -0.39 is 0 Å². The van der Waals surface area contributed by atoms with E-state index in [9.17, 15) is 0 Å². The minimum absolute atomic E-state index is 0.522. The molecule has 1 rings (SSSR count). The van der Waals surface area contributed by atoms with Gasteiger partial charge in [0.15, 0.2) is 0 Å². The van der Waals surface area contributed by atoms with Crippen molar-refractivity contribution in [2.24, 2.45) is 11.7 Å². The SMILES string of the molecule is CC(C)CCN(C)Cc1cccnc1CN. The van der Waals surface area contributed by atoms with Gasteiger partial charge in [0.05, 0.1) is 5.69 Å². The summed E-state index contributed by atoms with van der Waals surface area (Å²) in [6.07, 6.45) is 3.04. The fourth-order valence-electron chi connectivity index (χ4n) is 1.65. The summed E-state index contributed by atoms with van der Waals surface area (Å²) in [7, 11) is 2.15. The van der Waals surface area contributed by atoms with Crippen LogP contribution in [0.3, 0.4) is 0 Å². The number of aromatic nitrogens is 1. The second-order valence-corrected chi connectivity index (χ2v) is 4.73. The molecule has 0 aromatic carbocycles. The van der Waals surface area contributed by atoms with Gasteiger partial charge in [-0.15, -0.1) is 0 Å². The van der Waals surface area contributed by atoms with Crippen molar-refractivity contribution in [2.45, 2.75) is 33.4 Å². The third-order valence-electron chi connectivity index (χ3n) is 2.71. The van der Waals surface area contributed by atoms with Crippen LogP contribution in [0.1, 0.15) is 31.5 Å². The van der Waals surface area contributed by atoms with Gasteiger partial charge in [0.2, 0.25) is 0 Å². The molecule has 0 amide bonds. The van der Waals surface area contributed by atoms with Crippen LogP contribution in [-0.2, 0) is 13.1 Å². The lowest BCUT2D eigenvalue weighted by Gasteiger charge is -2.19. The summed E-state index contributed by atoms with van der Waals surface area (Å²) in [4.78, 5) is 6.62. The van der Waals surface area contributed by atoms with Gasteiger partial charge in [-0.1, -0.05) is 19.9 Å². The number of hydrogen-bond acceptors (Lipinski definition) is 3. The molecule has 0 radical (unpaired) electrons. The highest BCUT2D eigenvalue weighted by atomic mass is 15.1. The molecule has 0 unspecified atom stereocenters. The summed E-state index contributed by atoms with van der Waals surface area (Å²) in [5, 5.41) is 0. The highest BCUT2D eigenvalue weighted by Gasteiger charge is 2.05. The Morgan fingerprint density at radius 1 is 1.44 bits per heavy atom. The predicted octanol–water partition coefficient (Wildman–Crippen LogP) is 2.02. The standard InChI is InChI=1S/C13H23N3/c1-11(2)6-8-16(3)10-12-5-4-7-15-13(12)9-14/h4-5,7,11H,6,8-10,14H2,1-3H3. The van der Waals surface area contributed by atoms with Gasteiger partial charge in [-0.2, -0.15) is 0 Å². The van der Waals surface area contributed by atoms with E-state index in [-0.39, 0.29) is 0 Å². The molecule has 16 heavy (non-hydrogen) atoms. The van der Waals surface area contributed by atoms with E-state index in [1.807, 2.05) is 6.07 Å². The highest BCUT2D eigenvalue weighted by Crippen LogP contribution is 2.09. The van der Waals surface area contributed by atoms with Crippen LogP contribution in [0.2, 0.25) is 0 Å². The normalized spacial score (nSPS) is 11.4. The van der Waals surface area contributed by atoms with Crippen molar-refractivity contribution in [3.05, 3.63) is 29.6 Å². The van der Waals surface area contributed by atoms with Crippen molar-refractivity contribution in [1.82, 2.24) is 9.88 Å². The maximum absolute atomic E-state index is 5.67. The molecule has 0 fully saturated rings. The second kappa shape index (κ2) is 6.61. The van der Waals surface area contributed by atoms with Crippen molar-refractivity contribution in [2.75, 3.05) is 13.6 Å². The zero-order chi connectivity index (χ0) is 12.0. The molecule has 1 heterocycles. The quantitative estimate of drug-likeness (QED) is 0.799. The van der Waals surface area contributed by atoms with Crippen LogP contribution in [0.5, 0.6) is 0 Å². The Labute approximate surface area is 98.7 Å². The first-order valence-electron chi connectivity index (χ1n) is 5.95. The molecule has 1 aromatic rings. The van der Waals surface area contributed by atoms with Gasteiger partial charge in [0, 0.05) is 19.3 Å². The van der Waals surface area contributed by atoms with Crippen LogP contribution in [-0.4, -0.2) is 23.5 Å². The third-order valence-corrected chi connectivity index (χ3v) is 2.71. The molecule has 1 aromatic heterocycles. The minimum atomic E-state index is 0.522. The Kier molecular flexibility index (Phi) is 5.43. The molecule has 3 heteroatoms. The van der Waals surface area contributed by atoms with Crippen LogP contribution in [0.15, 0.2) is 18.3 Å². The summed E-state index contributed by atoms with van der Waals surface area (Å²) in [6, 6.07) is 4.09. The minimum Gasteiger partial charge on any atom is -0.325 e. The molecule has 0 spiro atoms. The molecule has 0 atom stereocenters. The van der Waals surface area contributed by atoms with E-state index in [0.717, 1.165) is 24.7 Å². The topological polar surface area (TPSA) is 42.2 Å². The Bertz CT molecular complexity index is 310. The van der Waals surface area contributed by atoms with Gasteiger partial charge in [-0.3, -0.25) is 4.98 Å². The van der Waals surface area contributed by atoms with E-state index in [0.29, 0.717) is 6.54 Å². The summed E-state index contributed by atoms with van der Waals surface area (Å²) in [5.74, 6) is 0.755. The monoisotopic (exact) mass is 221 g/mol. The average molecular weight is 221 g/mol. The van der Waals surface area contributed by atoms with Crippen LogP contribution in [0.4, 0.5) is 0 Å². The molecule has 0 aliphatic heterocycles. The van der Waals surface area contributed by atoms with Crippen molar-refractivity contribution < 1.29 is 0 Å². The van der Waals surface area contributed by atoms with Crippen molar-refractivity contribution in [3.8, 4) is 0 Å². The number of pyridine rings is 1. The summed E-state index contributed by atoms with van der Waals surface area (Å²) in [5.41, 5.74) is 7.93. The van der Waals surface area contributed by atoms with Crippen molar-refractivity contribution >= 4 is 0 Å². The molecular formula is C13H23N3. The molecule has 0 aliphatic rings. The lowest BCUT2D eigenvalue weighted by Crippen LogP contribution is -2.21. The Balaban J connectivity index is 2.51. The lowest BCUT2D eigenvalue weighted by atomic mass is 10.1. The van der Waals surface area contributed by atoms with E-state index in [4.69, 9.17) is 5.73 Å². The van der Waals surface area contributed by atoms with Crippen molar-refractivity contribution in [1.29, 1.82) is 0 Å². The Morgan fingerprint density at radius 3 is 2.81 bits per heavy atom. The fraction of sp³-hybridized carbons (Fsp3) is 0.615. The maximum Gasteiger partial charge on any atom is 0.0584 e. The van der Waals surface area contributed by atoms with Crippen molar-refractivity contribution in [3.63, 3.8) is 0 Å². The largest absolute Gasteiger partial charge is 0.325 e. The van der Waals surface area contributed by atoms with Gasteiger partial charge in [-0.25, -0.2) is 0 Å². The molecule has 3 nitrogen and oxygen atoms in total. The highest BCUT2D eigenvalue weighted by molar-refractivity contribution is 5.19. The molecule has 0 aliphatic carbocycles. The van der Waals surface area contributed by atoms with Crippen LogP contribution in [0, 0.1) is 5.92 Å². The van der Waals surface area contributed by atoms with Gasteiger partial charge in [-0.05, 0) is 37.6 Å². The van der Waals surface area contributed by atoms with Crippen LogP contribution >= 0.6 is 0 Å². The first-order valence-corrected chi connectivity index (χ1v) is 5.95. The van der Waals surface area contributed by atoms with Gasteiger partial charge >= 0.3 is 0 Å². The fourth-order valence-corrected chi connectivity index (χ4v) is 1.65. The van der Waals surface area contributed by atoms with Crippen LogP contribution < -0.4 is 5.73 Å². The Morgan fingerprint density at radius 2 is 2.19 bits per heavy atom. The molecular weight excluding hydrogens is 198 g/mol. The maximum atomic E-state index is 5.67. The summed E-state index contributed by atoms with van der Waals surface area (Å²) in [6.45, 7) is 7.09. The van der Waals surface area contributed by atoms with Gasteiger partial charge in [0.1, 0.15) is 0 Å². The van der Waals surface area contributed by atoms with Crippen LogP contribution in [0.25, 0.3) is 0 Å². The van der Waals surface area contributed by atoms with E-state index in [2.05, 4.69) is 36.8 Å². The number of nitrogens with two attached hydrogens (primary N) is 1. The molecule has 0 saturated carbocycles. The molecule has 90 valence electrons. The smallest absolute Gasteiger partial charge is 0.0584 e. The average Bonchev–Trinajstić information content (AvgIpc) is 2.27. The predicted molar refractivity (Wildman–Crippen MR) is 67.9 cm³/mol. The van der Waals surface area contributed by atoms with E-state index >= 15 is 0 Å². The Hall–Kier alpha value is -0.930. The number of rotatable bonds is 6. The molecule has 0 bridgehead atoms. The van der Waals surface area contributed by atoms with Gasteiger partial charge in [0.25, 0.3) is 0 Å². The third kappa shape index (κ3) is 4.29. The van der Waals surface area contributed by atoms with Gasteiger partial charge < -0.3 is 10.6 Å². The lowest BCUT2D eigenvalue weighted by molar-refractivity contribution is 0.302. The molecule has 0 saturated heterocycles.